The molecule has 3 aromatic rings. The van der Waals surface area contributed by atoms with Crippen LogP contribution in [0.1, 0.15) is 42.4 Å². The maximum Gasteiger partial charge on any atom is 0.242 e. The minimum atomic E-state index is -0.663. The van der Waals surface area contributed by atoms with E-state index in [0.717, 1.165) is 24.2 Å². The third-order valence-electron chi connectivity index (χ3n) is 6.31. The van der Waals surface area contributed by atoms with E-state index in [1.165, 1.54) is 5.56 Å². The average Bonchev–Trinajstić information content (AvgIpc) is 3.43. The summed E-state index contributed by atoms with van der Waals surface area (Å²) in [5.74, 6) is -0.189. The summed E-state index contributed by atoms with van der Waals surface area (Å²) in [4.78, 5) is 25.5. The Kier molecular flexibility index (Phi) is 11.1. The SMILES string of the molecule is C[C@H](NC(=O)[C@H]1C[C@@H](c2cccc(-n3cccn3)c2)CCN1)C(=O)NCc1ccc(C(=N)N)cc1.Cl.Cl. The Morgan fingerprint density at radius 2 is 1.95 bits per heavy atom. The summed E-state index contributed by atoms with van der Waals surface area (Å²) in [5.41, 5.74) is 9.16. The van der Waals surface area contributed by atoms with Crippen LogP contribution in [0.15, 0.2) is 67.0 Å². The van der Waals surface area contributed by atoms with Gasteiger partial charge in [0.15, 0.2) is 0 Å². The van der Waals surface area contributed by atoms with Gasteiger partial charge in [-0.15, -0.1) is 24.8 Å². The molecule has 198 valence electrons. The van der Waals surface area contributed by atoms with Crippen LogP contribution in [0, 0.1) is 5.41 Å². The van der Waals surface area contributed by atoms with Crippen LogP contribution in [0.3, 0.4) is 0 Å². The maximum absolute atomic E-state index is 12.9. The van der Waals surface area contributed by atoms with E-state index >= 15 is 0 Å². The molecule has 9 nitrogen and oxygen atoms in total. The third-order valence-corrected chi connectivity index (χ3v) is 6.31. The van der Waals surface area contributed by atoms with Crippen molar-refractivity contribution in [3.8, 4) is 5.69 Å². The summed E-state index contributed by atoms with van der Waals surface area (Å²) in [6, 6.07) is 16.2. The number of benzene rings is 2. The zero-order valence-corrected chi connectivity index (χ0v) is 22.1. The van der Waals surface area contributed by atoms with Crippen molar-refractivity contribution in [3.05, 3.63) is 83.7 Å². The number of nitrogen functional groups attached to an aromatic ring is 1. The van der Waals surface area contributed by atoms with Crippen LogP contribution < -0.4 is 21.7 Å². The standard InChI is InChI=1S/C26H31N7O2.2ClH/c1-17(25(34)30-16-18-6-8-19(9-7-18)24(27)28)32-26(35)23-15-21(10-12-29-23)20-4-2-5-22(14-20)33-13-3-11-31-33;;/h2-9,11,13-14,17,21,23,29H,10,12,15-16H2,1H3,(H3,27,28)(H,30,34)(H,32,35);2*1H/t17-,21-,23+;;/m0../s1. The lowest BCUT2D eigenvalue weighted by Gasteiger charge is -2.30. The summed E-state index contributed by atoms with van der Waals surface area (Å²) in [6.07, 6.45) is 5.25. The molecule has 6 N–H and O–H groups in total. The predicted molar refractivity (Wildman–Crippen MR) is 149 cm³/mol. The molecule has 1 aromatic heterocycles. The number of amides is 2. The minimum Gasteiger partial charge on any atom is -0.384 e. The monoisotopic (exact) mass is 545 g/mol. The first-order valence-corrected chi connectivity index (χ1v) is 11.8. The fourth-order valence-electron chi connectivity index (χ4n) is 4.29. The van der Waals surface area contributed by atoms with Crippen molar-refractivity contribution < 1.29 is 9.59 Å². The molecule has 2 heterocycles. The van der Waals surface area contributed by atoms with Crippen LogP contribution in [0.2, 0.25) is 0 Å². The second-order valence-corrected chi connectivity index (χ2v) is 8.83. The average molecular weight is 547 g/mol. The molecule has 0 bridgehead atoms. The molecule has 11 heteroatoms. The van der Waals surface area contributed by atoms with Crippen molar-refractivity contribution >= 4 is 42.5 Å². The van der Waals surface area contributed by atoms with Gasteiger partial charge in [-0.2, -0.15) is 5.10 Å². The largest absolute Gasteiger partial charge is 0.384 e. The third kappa shape index (κ3) is 7.79. The Balaban J connectivity index is 0.00000241. The lowest BCUT2D eigenvalue weighted by Crippen LogP contribution is -2.53. The predicted octanol–water partition coefficient (Wildman–Crippen LogP) is 2.66. The topological polar surface area (TPSA) is 138 Å². The molecule has 0 spiro atoms. The first-order chi connectivity index (χ1) is 16.9. The van der Waals surface area contributed by atoms with Gasteiger partial charge in [0.25, 0.3) is 0 Å². The van der Waals surface area contributed by atoms with Crippen LogP contribution >= 0.6 is 24.8 Å². The summed E-state index contributed by atoms with van der Waals surface area (Å²) in [6.45, 7) is 2.74. The highest BCUT2D eigenvalue weighted by atomic mass is 35.5. The molecule has 1 saturated heterocycles. The molecule has 2 amide bonds. The number of aromatic nitrogens is 2. The number of hydrogen-bond acceptors (Lipinski definition) is 5. The zero-order valence-electron chi connectivity index (χ0n) is 20.5. The van der Waals surface area contributed by atoms with Crippen LogP contribution in [-0.4, -0.2) is 46.1 Å². The Labute approximate surface area is 228 Å². The van der Waals surface area contributed by atoms with E-state index in [2.05, 4.69) is 33.2 Å². The normalized spacial score (nSPS) is 17.4. The van der Waals surface area contributed by atoms with Gasteiger partial charge in [-0.25, -0.2) is 4.68 Å². The fourth-order valence-corrected chi connectivity index (χ4v) is 4.29. The fraction of sp³-hybridized carbons (Fsp3) is 0.308. The number of carbonyl (C=O) groups is 2. The van der Waals surface area contributed by atoms with Crippen molar-refractivity contribution in [2.75, 3.05) is 6.54 Å². The van der Waals surface area contributed by atoms with Gasteiger partial charge in [-0.3, -0.25) is 15.0 Å². The number of halogens is 2. The first kappa shape index (κ1) is 29.8. The Morgan fingerprint density at radius 1 is 1.19 bits per heavy atom. The van der Waals surface area contributed by atoms with E-state index in [1.54, 1.807) is 25.3 Å². The van der Waals surface area contributed by atoms with E-state index in [9.17, 15) is 9.59 Å². The summed E-state index contributed by atoms with van der Waals surface area (Å²) in [7, 11) is 0. The highest BCUT2D eigenvalue weighted by Crippen LogP contribution is 2.29. The molecule has 0 unspecified atom stereocenters. The van der Waals surface area contributed by atoms with Gasteiger partial charge in [0.2, 0.25) is 11.8 Å². The van der Waals surface area contributed by atoms with Gasteiger partial charge < -0.3 is 21.7 Å². The molecule has 37 heavy (non-hydrogen) atoms. The van der Waals surface area contributed by atoms with Gasteiger partial charge in [-0.05, 0) is 61.6 Å². The summed E-state index contributed by atoms with van der Waals surface area (Å²) < 4.78 is 1.83. The Bertz CT molecular complexity index is 1190. The molecule has 2 aromatic carbocycles. The van der Waals surface area contributed by atoms with Crippen LogP contribution in [-0.2, 0) is 16.1 Å². The van der Waals surface area contributed by atoms with Crippen LogP contribution in [0.5, 0.6) is 0 Å². The second kappa shape index (κ2) is 13.8. The quantitative estimate of drug-likeness (QED) is 0.219. The lowest BCUT2D eigenvalue weighted by molar-refractivity contribution is -0.130. The number of hydrogen-bond donors (Lipinski definition) is 5. The maximum atomic E-state index is 12.9. The molecular formula is C26H33Cl2N7O2. The van der Waals surface area contributed by atoms with E-state index in [4.69, 9.17) is 11.1 Å². The van der Waals surface area contributed by atoms with E-state index in [-0.39, 0.29) is 54.4 Å². The Morgan fingerprint density at radius 3 is 2.62 bits per heavy atom. The molecule has 0 saturated carbocycles. The number of nitrogens with zero attached hydrogens (tertiary/aromatic N) is 2. The van der Waals surface area contributed by atoms with Crippen molar-refractivity contribution in [3.63, 3.8) is 0 Å². The molecule has 0 aliphatic carbocycles. The first-order valence-electron chi connectivity index (χ1n) is 11.8. The molecule has 0 radical (unpaired) electrons. The molecule has 1 fully saturated rings. The van der Waals surface area contributed by atoms with Gasteiger partial charge in [-0.1, -0.05) is 36.4 Å². The number of amidine groups is 1. The number of rotatable bonds is 8. The molecule has 4 rings (SSSR count). The van der Waals surface area contributed by atoms with Crippen LogP contribution in [0.4, 0.5) is 0 Å². The summed E-state index contributed by atoms with van der Waals surface area (Å²) in [5, 5.41) is 20.7. The molecule has 3 atom stereocenters. The highest BCUT2D eigenvalue weighted by Gasteiger charge is 2.29. The number of nitrogens with two attached hydrogens (primary N) is 1. The van der Waals surface area contributed by atoms with E-state index in [0.29, 0.717) is 18.5 Å². The Hall–Kier alpha value is -3.40. The van der Waals surface area contributed by atoms with Crippen LogP contribution in [0.25, 0.3) is 5.69 Å². The summed E-state index contributed by atoms with van der Waals surface area (Å²) >= 11 is 0. The number of nitrogens with one attached hydrogen (secondary N) is 4. The van der Waals surface area contributed by atoms with Gasteiger partial charge in [0.05, 0.1) is 11.7 Å². The lowest BCUT2D eigenvalue weighted by atomic mass is 9.86. The zero-order chi connectivity index (χ0) is 24.8. The minimum absolute atomic E-state index is 0. The highest BCUT2D eigenvalue weighted by molar-refractivity contribution is 5.95. The van der Waals surface area contributed by atoms with Crippen molar-refractivity contribution in [1.82, 2.24) is 25.7 Å². The van der Waals surface area contributed by atoms with Gasteiger partial charge >= 0.3 is 0 Å². The van der Waals surface area contributed by atoms with Gasteiger partial charge in [0.1, 0.15) is 11.9 Å². The van der Waals surface area contributed by atoms with Crippen molar-refractivity contribution in [1.29, 1.82) is 5.41 Å². The molecule has 1 aliphatic heterocycles. The van der Waals surface area contributed by atoms with Crippen molar-refractivity contribution in [2.45, 2.75) is 44.3 Å². The smallest absolute Gasteiger partial charge is 0.242 e. The molecule has 1 aliphatic rings. The van der Waals surface area contributed by atoms with E-state index in [1.807, 2.05) is 41.2 Å². The molecular weight excluding hydrogens is 513 g/mol. The number of piperidine rings is 1. The van der Waals surface area contributed by atoms with Crippen molar-refractivity contribution in [2.24, 2.45) is 5.73 Å². The number of carbonyl (C=O) groups excluding carboxylic acids is 2. The van der Waals surface area contributed by atoms with Gasteiger partial charge in [0, 0.05) is 24.5 Å². The van der Waals surface area contributed by atoms with E-state index < -0.39 is 6.04 Å². The second-order valence-electron chi connectivity index (χ2n) is 8.83.